The first-order valence-corrected chi connectivity index (χ1v) is 6.53. The second-order valence-electron chi connectivity index (χ2n) is 5.60. The molecule has 0 radical (unpaired) electrons. The van der Waals surface area contributed by atoms with Crippen LogP contribution < -0.4 is 5.73 Å². The molecule has 2 N–H and O–H groups in total. The van der Waals surface area contributed by atoms with Gasteiger partial charge in [-0.3, -0.25) is 4.79 Å². The molecule has 1 aliphatic rings. The van der Waals surface area contributed by atoms with Crippen LogP contribution in [-0.4, -0.2) is 39.8 Å². The molecule has 1 amide bonds. The first-order chi connectivity index (χ1) is 9.11. The molecule has 3 heterocycles. The Bertz CT molecular complexity index is 630. The van der Waals surface area contributed by atoms with E-state index in [2.05, 4.69) is 11.9 Å². The van der Waals surface area contributed by atoms with Gasteiger partial charge in [0.1, 0.15) is 5.65 Å². The summed E-state index contributed by atoms with van der Waals surface area (Å²) in [4.78, 5) is 18.5. The molecule has 7 heteroatoms. The Morgan fingerprint density at radius 3 is 2.86 bits per heavy atom. The highest BCUT2D eigenvalue weighted by Crippen LogP contribution is 2.29. The van der Waals surface area contributed by atoms with E-state index in [9.17, 15) is 4.79 Å². The zero-order valence-corrected chi connectivity index (χ0v) is 13.5. The van der Waals surface area contributed by atoms with Gasteiger partial charge in [-0.25, -0.2) is 4.98 Å². The Hall–Kier alpha value is -1.30. The molecular formula is C14H20Cl2N4O. The van der Waals surface area contributed by atoms with Crippen molar-refractivity contribution in [3.63, 3.8) is 0 Å². The summed E-state index contributed by atoms with van der Waals surface area (Å²) in [5, 5.41) is 0. The molecule has 116 valence electrons. The number of amides is 1. The monoisotopic (exact) mass is 330 g/mol. The number of aromatic nitrogens is 2. The van der Waals surface area contributed by atoms with E-state index in [-0.39, 0.29) is 36.1 Å². The molecule has 1 unspecified atom stereocenters. The topological polar surface area (TPSA) is 63.6 Å². The Labute approximate surface area is 136 Å². The van der Waals surface area contributed by atoms with Gasteiger partial charge in [0.05, 0.1) is 5.56 Å². The number of carbonyl (C=O) groups is 1. The third-order valence-electron chi connectivity index (χ3n) is 3.97. The molecule has 5 nitrogen and oxygen atoms in total. The number of hydrogen-bond donors (Lipinski definition) is 1. The summed E-state index contributed by atoms with van der Waals surface area (Å²) >= 11 is 0. The molecule has 1 fully saturated rings. The highest BCUT2D eigenvalue weighted by molar-refractivity contribution is 5.94. The molecule has 2 aromatic rings. The summed E-state index contributed by atoms with van der Waals surface area (Å²) in [7, 11) is 0. The lowest BCUT2D eigenvalue weighted by atomic mass is 9.90. The van der Waals surface area contributed by atoms with Gasteiger partial charge in [-0.1, -0.05) is 6.92 Å². The SMILES string of the molecule is CC1(CN)CCN(C(=O)c2ccc3nccn3c2)C1.Cl.Cl. The number of fused-ring (bicyclic) bond motifs is 1. The zero-order chi connectivity index (χ0) is 13.5. The van der Waals surface area contributed by atoms with Gasteiger partial charge < -0.3 is 15.0 Å². The van der Waals surface area contributed by atoms with E-state index in [0.29, 0.717) is 12.1 Å². The lowest BCUT2D eigenvalue weighted by molar-refractivity contribution is 0.0776. The summed E-state index contributed by atoms with van der Waals surface area (Å²) in [5.74, 6) is 0.0766. The van der Waals surface area contributed by atoms with Crippen LogP contribution in [0.5, 0.6) is 0 Å². The van der Waals surface area contributed by atoms with E-state index in [1.165, 1.54) is 0 Å². The van der Waals surface area contributed by atoms with Gasteiger partial charge in [0.25, 0.3) is 5.91 Å². The highest BCUT2D eigenvalue weighted by atomic mass is 35.5. The molecule has 2 aromatic heterocycles. The van der Waals surface area contributed by atoms with Crippen molar-refractivity contribution in [2.75, 3.05) is 19.6 Å². The minimum Gasteiger partial charge on any atom is -0.338 e. The van der Waals surface area contributed by atoms with Crippen LogP contribution in [0.3, 0.4) is 0 Å². The molecule has 1 aliphatic heterocycles. The quantitative estimate of drug-likeness (QED) is 0.915. The standard InChI is InChI=1S/C14H18N4O.2ClH/c1-14(9-15)4-6-18(10-14)13(19)11-2-3-12-16-5-7-17(12)8-11;;/h2-3,5,7-8H,4,6,9-10,15H2,1H3;2*1H. The van der Waals surface area contributed by atoms with Crippen LogP contribution in [0.15, 0.2) is 30.7 Å². The number of nitrogens with zero attached hydrogens (tertiary/aromatic N) is 3. The van der Waals surface area contributed by atoms with Crippen molar-refractivity contribution < 1.29 is 4.79 Å². The maximum atomic E-state index is 12.5. The zero-order valence-electron chi connectivity index (χ0n) is 11.9. The van der Waals surface area contributed by atoms with Crippen molar-refractivity contribution in [2.24, 2.45) is 11.1 Å². The van der Waals surface area contributed by atoms with E-state index < -0.39 is 0 Å². The molecule has 0 spiro atoms. The lowest BCUT2D eigenvalue weighted by Crippen LogP contribution is -2.34. The predicted octanol–water partition coefficient (Wildman–Crippen LogP) is 1.99. The Kier molecular flexibility index (Phi) is 5.61. The molecule has 3 rings (SSSR count). The summed E-state index contributed by atoms with van der Waals surface area (Å²) in [6.07, 6.45) is 6.39. The van der Waals surface area contributed by atoms with Crippen molar-refractivity contribution in [3.8, 4) is 0 Å². The molecule has 21 heavy (non-hydrogen) atoms. The van der Waals surface area contributed by atoms with Crippen LogP contribution in [0, 0.1) is 5.41 Å². The van der Waals surface area contributed by atoms with Gasteiger partial charge in [-0.05, 0) is 30.5 Å². The fraction of sp³-hybridized carbons (Fsp3) is 0.429. The van der Waals surface area contributed by atoms with Gasteiger partial charge in [0.2, 0.25) is 0 Å². The third kappa shape index (κ3) is 3.31. The average molecular weight is 331 g/mol. The predicted molar refractivity (Wildman–Crippen MR) is 87.4 cm³/mol. The van der Waals surface area contributed by atoms with Crippen LogP contribution in [0.25, 0.3) is 5.65 Å². The van der Waals surface area contributed by atoms with Gasteiger partial charge in [-0.15, -0.1) is 24.8 Å². The van der Waals surface area contributed by atoms with Crippen molar-refractivity contribution in [1.29, 1.82) is 0 Å². The van der Waals surface area contributed by atoms with Crippen molar-refractivity contribution >= 4 is 36.4 Å². The Balaban J connectivity index is 0.00000110. The van der Waals surface area contributed by atoms with Crippen molar-refractivity contribution in [2.45, 2.75) is 13.3 Å². The van der Waals surface area contributed by atoms with Crippen LogP contribution in [0.4, 0.5) is 0 Å². The lowest BCUT2D eigenvalue weighted by Gasteiger charge is -2.22. The highest BCUT2D eigenvalue weighted by Gasteiger charge is 2.35. The van der Waals surface area contributed by atoms with Crippen LogP contribution in [0.2, 0.25) is 0 Å². The fourth-order valence-electron chi connectivity index (χ4n) is 2.59. The van der Waals surface area contributed by atoms with Gasteiger partial charge in [-0.2, -0.15) is 0 Å². The number of pyridine rings is 1. The summed E-state index contributed by atoms with van der Waals surface area (Å²) in [6, 6.07) is 3.70. The van der Waals surface area contributed by atoms with Crippen LogP contribution >= 0.6 is 24.8 Å². The molecule has 1 saturated heterocycles. The summed E-state index contributed by atoms with van der Waals surface area (Å²) in [6.45, 7) is 4.29. The molecule has 0 saturated carbocycles. The van der Waals surface area contributed by atoms with E-state index in [4.69, 9.17) is 5.73 Å². The maximum Gasteiger partial charge on any atom is 0.255 e. The minimum atomic E-state index is 0. The number of carbonyl (C=O) groups excluding carboxylic acids is 1. The van der Waals surface area contributed by atoms with Crippen molar-refractivity contribution in [3.05, 3.63) is 36.3 Å². The van der Waals surface area contributed by atoms with E-state index >= 15 is 0 Å². The maximum absolute atomic E-state index is 12.5. The smallest absolute Gasteiger partial charge is 0.255 e. The Morgan fingerprint density at radius 1 is 1.43 bits per heavy atom. The van der Waals surface area contributed by atoms with Gasteiger partial charge in [0.15, 0.2) is 0 Å². The fourth-order valence-corrected chi connectivity index (χ4v) is 2.59. The van der Waals surface area contributed by atoms with E-state index in [0.717, 1.165) is 25.2 Å². The number of likely N-dealkylation sites (tertiary alicyclic amines) is 1. The van der Waals surface area contributed by atoms with Crippen molar-refractivity contribution in [1.82, 2.24) is 14.3 Å². The third-order valence-corrected chi connectivity index (χ3v) is 3.97. The second kappa shape index (κ2) is 6.64. The number of rotatable bonds is 2. The second-order valence-corrected chi connectivity index (χ2v) is 5.60. The summed E-state index contributed by atoms with van der Waals surface area (Å²) in [5.41, 5.74) is 7.40. The number of halogens is 2. The van der Waals surface area contributed by atoms with E-state index in [1.807, 2.05) is 33.8 Å². The number of nitrogens with two attached hydrogens (primary N) is 1. The first kappa shape index (κ1) is 17.8. The minimum absolute atomic E-state index is 0. The summed E-state index contributed by atoms with van der Waals surface area (Å²) < 4.78 is 1.87. The van der Waals surface area contributed by atoms with Gasteiger partial charge in [0, 0.05) is 31.7 Å². The van der Waals surface area contributed by atoms with Crippen LogP contribution in [-0.2, 0) is 0 Å². The number of imidazole rings is 1. The molecule has 1 atom stereocenters. The largest absolute Gasteiger partial charge is 0.338 e. The van der Waals surface area contributed by atoms with E-state index in [1.54, 1.807) is 6.20 Å². The molecule has 0 aromatic carbocycles. The first-order valence-electron chi connectivity index (χ1n) is 6.53. The molecular weight excluding hydrogens is 311 g/mol. The normalized spacial score (nSPS) is 21.0. The number of hydrogen-bond acceptors (Lipinski definition) is 3. The van der Waals surface area contributed by atoms with Crippen LogP contribution in [0.1, 0.15) is 23.7 Å². The Morgan fingerprint density at radius 2 is 2.19 bits per heavy atom. The molecule has 0 bridgehead atoms. The van der Waals surface area contributed by atoms with Gasteiger partial charge >= 0.3 is 0 Å². The molecule has 0 aliphatic carbocycles. The average Bonchev–Trinajstić information content (AvgIpc) is 3.04.